The van der Waals surface area contributed by atoms with E-state index in [1.54, 1.807) is 6.92 Å². The number of carbonyl (C=O) groups is 3. The van der Waals surface area contributed by atoms with Gasteiger partial charge >= 0.3 is 11.8 Å². The Bertz CT molecular complexity index is 690. The van der Waals surface area contributed by atoms with Crippen molar-refractivity contribution in [1.82, 2.24) is 10.7 Å². The highest BCUT2D eigenvalue weighted by atomic mass is 16.5. The van der Waals surface area contributed by atoms with Gasteiger partial charge in [0.15, 0.2) is 0 Å². The topological polar surface area (TPSA) is 109 Å². The molecule has 1 rings (SSSR count). The predicted octanol–water partition coefficient (Wildman–Crippen LogP) is 1.20. The van der Waals surface area contributed by atoms with Gasteiger partial charge < -0.3 is 15.4 Å². The number of benzene rings is 1. The van der Waals surface area contributed by atoms with Crippen LogP contribution in [0.5, 0.6) is 0 Å². The number of carbonyl (C=O) groups excluding carboxylic acids is 3. The smallest absolute Gasteiger partial charge is 0.329 e. The van der Waals surface area contributed by atoms with Crippen molar-refractivity contribution in [3.05, 3.63) is 28.8 Å². The van der Waals surface area contributed by atoms with Crippen LogP contribution < -0.4 is 16.1 Å². The third-order valence-corrected chi connectivity index (χ3v) is 3.50. The van der Waals surface area contributed by atoms with E-state index < -0.39 is 11.8 Å². The van der Waals surface area contributed by atoms with Crippen molar-refractivity contribution >= 4 is 29.1 Å². The SMILES string of the molecule is COCCNC(=O)C(=O)N/N=C(/C)CC(=O)Nc1c(C)cc(C)cc1C. The van der Waals surface area contributed by atoms with Crippen LogP contribution in [-0.4, -0.2) is 43.7 Å². The maximum atomic E-state index is 12.2. The molecule has 1 aromatic rings. The molecule has 0 aromatic heterocycles. The van der Waals surface area contributed by atoms with Crippen molar-refractivity contribution in [2.45, 2.75) is 34.1 Å². The number of nitrogens with zero attached hydrogens (tertiary/aromatic N) is 1. The first kappa shape index (κ1) is 21.3. The molecular formula is C18H26N4O4. The molecule has 1 aromatic carbocycles. The van der Waals surface area contributed by atoms with Gasteiger partial charge in [-0.3, -0.25) is 14.4 Å². The summed E-state index contributed by atoms with van der Waals surface area (Å²) in [5.74, 6) is -1.96. The molecule has 26 heavy (non-hydrogen) atoms. The second-order valence-corrected chi connectivity index (χ2v) is 6.04. The minimum absolute atomic E-state index is 0.00166. The summed E-state index contributed by atoms with van der Waals surface area (Å²) in [5.41, 5.74) is 6.36. The molecule has 0 spiro atoms. The Morgan fingerprint density at radius 2 is 1.69 bits per heavy atom. The fourth-order valence-electron chi connectivity index (χ4n) is 2.38. The molecule has 8 heteroatoms. The molecule has 0 saturated carbocycles. The summed E-state index contributed by atoms with van der Waals surface area (Å²) in [6.07, 6.45) is -0.00166. The minimum Gasteiger partial charge on any atom is -0.383 e. The lowest BCUT2D eigenvalue weighted by atomic mass is 10.0. The third-order valence-electron chi connectivity index (χ3n) is 3.50. The largest absolute Gasteiger partial charge is 0.383 e. The van der Waals surface area contributed by atoms with Crippen LogP contribution >= 0.6 is 0 Å². The second-order valence-electron chi connectivity index (χ2n) is 6.04. The first-order valence-electron chi connectivity index (χ1n) is 8.22. The minimum atomic E-state index is -0.897. The summed E-state index contributed by atoms with van der Waals surface area (Å²) < 4.78 is 4.77. The van der Waals surface area contributed by atoms with Gasteiger partial charge in [0, 0.05) is 25.1 Å². The molecule has 8 nitrogen and oxygen atoms in total. The summed E-state index contributed by atoms with van der Waals surface area (Å²) in [6.45, 7) is 7.98. The Morgan fingerprint density at radius 1 is 1.08 bits per heavy atom. The van der Waals surface area contributed by atoms with Gasteiger partial charge in [-0.25, -0.2) is 5.43 Å². The van der Waals surface area contributed by atoms with Crippen LogP contribution in [0.4, 0.5) is 5.69 Å². The number of aryl methyl sites for hydroxylation is 3. The van der Waals surface area contributed by atoms with Crippen molar-refractivity contribution in [3.63, 3.8) is 0 Å². The molecule has 0 atom stereocenters. The van der Waals surface area contributed by atoms with Crippen LogP contribution in [0.2, 0.25) is 0 Å². The number of hydrazone groups is 1. The highest BCUT2D eigenvalue weighted by Crippen LogP contribution is 2.22. The predicted molar refractivity (Wildman–Crippen MR) is 100 cm³/mol. The Morgan fingerprint density at radius 3 is 2.27 bits per heavy atom. The van der Waals surface area contributed by atoms with Gasteiger partial charge in [0.1, 0.15) is 0 Å². The summed E-state index contributed by atoms with van der Waals surface area (Å²) >= 11 is 0. The summed E-state index contributed by atoms with van der Waals surface area (Å²) in [6, 6.07) is 3.98. The highest BCUT2D eigenvalue weighted by molar-refractivity contribution is 6.35. The number of ether oxygens (including phenoxy) is 1. The number of nitrogens with one attached hydrogen (secondary N) is 3. The first-order chi connectivity index (χ1) is 12.2. The second kappa shape index (κ2) is 10.3. The van der Waals surface area contributed by atoms with Crippen molar-refractivity contribution in [3.8, 4) is 0 Å². The fraction of sp³-hybridized carbons (Fsp3) is 0.444. The molecule has 0 aliphatic carbocycles. The summed E-state index contributed by atoms with van der Waals surface area (Å²) in [4.78, 5) is 35.2. The van der Waals surface area contributed by atoms with Crippen LogP contribution in [0, 0.1) is 20.8 Å². The first-order valence-corrected chi connectivity index (χ1v) is 8.22. The monoisotopic (exact) mass is 362 g/mol. The number of methoxy groups -OCH3 is 1. The Hall–Kier alpha value is -2.74. The van der Waals surface area contributed by atoms with Gasteiger partial charge in [0.2, 0.25) is 5.91 Å². The third kappa shape index (κ3) is 7.02. The van der Waals surface area contributed by atoms with E-state index in [4.69, 9.17) is 4.74 Å². The quantitative estimate of drug-likeness (QED) is 0.293. The Balaban J connectivity index is 2.55. The lowest BCUT2D eigenvalue weighted by Crippen LogP contribution is -2.39. The van der Waals surface area contributed by atoms with Crippen LogP contribution in [-0.2, 0) is 19.1 Å². The van der Waals surface area contributed by atoms with Crippen molar-refractivity contribution in [1.29, 1.82) is 0 Å². The van der Waals surface area contributed by atoms with E-state index in [0.717, 1.165) is 22.4 Å². The molecule has 3 amide bonds. The highest BCUT2D eigenvalue weighted by Gasteiger charge is 2.13. The molecule has 0 saturated heterocycles. The van der Waals surface area contributed by atoms with E-state index >= 15 is 0 Å². The van der Waals surface area contributed by atoms with E-state index in [1.807, 2.05) is 32.9 Å². The molecule has 0 heterocycles. The molecule has 0 fully saturated rings. The van der Waals surface area contributed by atoms with E-state index in [2.05, 4.69) is 21.2 Å². The lowest BCUT2D eigenvalue weighted by Gasteiger charge is -2.12. The molecule has 0 unspecified atom stereocenters. The Kier molecular flexibility index (Phi) is 8.44. The van der Waals surface area contributed by atoms with E-state index in [1.165, 1.54) is 7.11 Å². The van der Waals surface area contributed by atoms with E-state index in [9.17, 15) is 14.4 Å². The molecular weight excluding hydrogens is 336 g/mol. The van der Waals surface area contributed by atoms with Gasteiger partial charge in [-0.05, 0) is 38.8 Å². The van der Waals surface area contributed by atoms with Crippen LogP contribution in [0.3, 0.4) is 0 Å². The standard InChI is InChI=1S/C18H26N4O4/c1-11-8-12(2)16(13(3)9-11)20-15(23)10-14(4)21-22-18(25)17(24)19-6-7-26-5/h8-9H,6-7,10H2,1-5H3,(H,19,24)(H,20,23)(H,22,25)/b21-14-. The Labute approximate surface area is 153 Å². The number of anilines is 1. The van der Waals surface area contributed by atoms with Crippen LogP contribution in [0.25, 0.3) is 0 Å². The van der Waals surface area contributed by atoms with Gasteiger partial charge in [-0.15, -0.1) is 0 Å². The van der Waals surface area contributed by atoms with E-state index in [0.29, 0.717) is 12.3 Å². The number of rotatable bonds is 7. The number of hydrogen-bond acceptors (Lipinski definition) is 5. The molecule has 0 bridgehead atoms. The van der Waals surface area contributed by atoms with Crippen molar-refractivity contribution in [2.24, 2.45) is 5.10 Å². The molecule has 0 radical (unpaired) electrons. The maximum absolute atomic E-state index is 12.2. The zero-order valence-corrected chi connectivity index (χ0v) is 15.9. The van der Waals surface area contributed by atoms with Gasteiger partial charge in [-0.2, -0.15) is 5.10 Å². The molecule has 0 aliphatic rings. The lowest BCUT2D eigenvalue weighted by molar-refractivity contribution is -0.139. The van der Waals surface area contributed by atoms with Gasteiger partial charge in [0.25, 0.3) is 0 Å². The average Bonchev–Trinajstić information content (AvgIpc) is 2.56. The molecule has 3 N–H and O–H groups in total. The zero-order chi connectivity index (χ0) is 19.7. The number of hydrogen-bond donors (Lipinski definition) is 3. The maximum Gasteiger partial charge on any atom is 0.329 e. The molecule has 142 valence electrons. The fourth-order valence-corrected chi connectivity index (χ4v) is 2.38. The van der Waals surface area contributed by atoms with Gasteiger partial charge in [-0.1, -0.05) is 17.7 Å². The summed E-state index contributed by atoms with van der Waals surface area (Å²) in [5, 5.41) is 9.01. The van der Waals surface area contributed by atoms with Crippen LogP contribution in [0.1, 0.15) is 30.0 Å². The normalized spacial score (nSPS) is 11.0. The number of amides is 3. The molecule has 0 aliphatic heterocycles. The zero-order valence-electron chi connectivity index (χ0n) is 15.9. The average molecular weight is 362 g/mol. The van der Waals surface area contributed by atoms with Gasteiger partial charge in [0.05, 0.1) is 13.0 Å². The summed E-state index contributed by atoms with van der Waals surface area (Å²) in [7, 11) is 1.49. The van der Waals surface area contributed by atoms with Crippen LogP contribution in [0.15, 0.2) is 17.2 Å². The van der Waals surface area contributed by atoms with Crippen molar-refractivity contribution < 1.29 is 19.1 Å². The van der Waals surface area contributed by atoms with E-state index in [-0.39, 0.29) is 18.9 Å². The van der Waals surface area contributed by atoms with Crippen molar-refractivity contribution in [2.75, 3.05) is 25.6 Å².